The minimum absolute atomic E-state index is 0.643. The molecule has 3 rings (SSSR count). The van der Waals surface area contributed by atoms with Crippen LogP contribution in [0.3, 0.4) is 0 Å². The molecule has 3 heteroatoms. The first-order valence-electron chi connectivity index (χ1n) is 5.65. The molecule has 2 aliphatic rings. The molecular formula is C12H15BrN2. The van der Waals surface area contributed by atoms with Crippen LogP contribution >= 0.6 is 15.9 Å². The lowest BCUT2D eigenvalue weighted by atomic mass is 10.0. The molecule has 0 bridgehead atoms. The van der Waals surface area contributed by atoms with Crippen LogP contribution in [0.2, 0.25) is 0 Å². The molecule has 2 nitrogen and oxygen atoms in total. The van der Waals surface area contributed by atoms with Gasteiger partial charge in [0.25, 0.3) is 0 Å². The van der Waals surface area contributed by atoms with Gasteiger partial charge in [0.2, 0.25) is 0 Å². The lowest BCUT2D eigenvalue weighted by Crippen LogP contribution is -2.17. The second-order valence-electron chi connectivity index (χ2n) is 4.84. The zero-order valence-corrected chi connectivity index (χ0v) is 10.3. The summed E-state index contributed by atoms with van der Waals surface area (Å²) in [6.45, 7) is 1.11. The number of hydrogen-bond donors (Lipinski definition) is 1. The highest BCUT2D eigenvalue weighted by Gasteiger charge is 2.53. The molecule has 2 saturated carbocycles. The SMILES string of the molecule is Brc1cccc(NCC2(C3CC3)CC2)n1. The number of aromatic nitrogens is 1. The Bertz CT molecular complexity index is 370. The summed E-state index contributed by atoms with van der Waals surface area (Å²) in [6.07, 6.45) is 5.73. The summed E-state index contributed by atoms with van der Waals surface area (Å²) >= 11 is 3.39. The first kappa shape index (κ1) is 9.64. The average molecular weight is 267 g/mol. The molecule has 1 heterocycles. The summed E-state index contributed by atoms with van der Waals surface area (Å²) in [7, 11) is 0. The van der Waals surface area contributed by atoms with E-state index in [9.17, 15) is 0 Å². The standard InChI is InChI=1S/C12H15BrN2/c13-10-2-1-3-11(15-10)14-8-12(6-7-12)9-4-5-9/h1-3,9H,4-8H2,(H,14,15). The molecule has 0 atom stereocenters. The molecule has 0 spiro atoms. The van der Waals surface area contributed by atoms with Gasteiger partial charge in [-0.2, -0.15) is 0 Å². The van der Waals surface area contributed by atoms with E-state index in [0.29, 0.717) is 5.41 Å². The van der Waals surface area contributed by atoms with E-state index in [2.05, 4.69) is 26.2 Å². The van der Waals surface area contributed by atoms with Crippen molar-refractivity contribution in [1.82, 2.24) is 4.98 Å². The minimum Gasteiger partial charge on any atom is -0.369 e. The molecule has 0 unspecified atom stereocenters. The molecule has 15 heavy (non-hydrogen) atoms. The Balaban J connectivity index is 1.61. The predicted molar refractivity (Wildman–Crippen MR) is 64.8 cm³/mol. The van der Waals surface area contributed by atoms with Gasteiger partial charge in [-0.15, -0.1) is 0 Å². The quantitative estimate of drug-likeness (QED) is 0.845. The van der Waals surface area contributed by atoms with Crippen molar-refractivity contribution in [1.29, 1.82) is 0 Å². The van der Waals surface area contributed by atoms with Crippen molar-refractivity contribution in [2.75, 3.05) is 11.9 Å². The van der Waals surface area contributed by atoms with Crippen LogP contribution < -0.4 is 5.32 Å². The zero-order chi connectivity index (χ0) is 10.3. The van der Waals surface area contributed by atoms with Crippen LogP contribution in [-0.4, -0.2) is 11.5 Å². The first-order valence-corrected chi connectivity index (χ1v) is 6.44. The highest BCUT2D eigenvalue weighted by atomic mass is 79.9. The molecule has 1 aromatic heterocycles. The van der Waals surface area contributed by atoms with Gasteiger partial charge in [-0.1, -0.05) is 6.07 Å². The Kier molecular flexibility index (Phi) is 2.23. The Morgan fingerprint density at radius 3 is 2.80 bits per heavy atom. The summed E-state index contributed by atoms with van der Waals surface area (Å²) in [6, 6.07) is 6.02. The number of nitrogens with one attached hydrogen (secondary N) is 1. The Hall–Kier alpha value is -0.570. The zero-order valence-electron chi connectivity index (χ0n) is 8.67. The third-order valence-corrected chi connectivity index (χ3v) is 4.11. The normalized spacial score (nSPS) is 22.5. The molecule has 1 N–H and O–H groups in total. The van der Waals surface area contributed by atoms with E-state index in [1.165, 1.54) is 25.7 Å². The summed E-state index contributed by atoms with van der Waals surface area (Å²) in [5.41, 5.74) is 0.643. The molecule has 80 valence electrons. The Morgan fingerprint density at radius 2 is 2.20 bits per heavy atom. The summed E-state index contributed by atoms with van der Waals surface area (Å²) < 4.78 is 0.906. The van der Waals surface area contributed by atoms with Crippen molar-refractivity contribution in [2.24, 2.45) is 11.3 Å². The van der Waals surface area contributed by atoms with Gasteiger partial charge in [0.1, 0.15) is 10.4 Å². The van der Waals surface area contributed by atoms with Crippen LogP contribution in [0.5, 0.6) is 0 Å². The molecule has 2 aliphatic carbocycles. The minimum atomic E-state index is 0.643. The van der Waals surface area contributed by atoms with Gasteiger partial charge in [0.15, 0.2) is 0 Å². The second kappa shape index (κ2) is 3.48. The molecule has 1 aromatic rings. The van der Waals surface area contributed by atoms with Gasteiger partial charge in [-0.25, -0.2) is 4.98 Å². The summed E-state index contributed by atoms with van der Waals surface area (Å²) in [5.74, 6) is 2.01. The highest BCUT2D eigenvalue weighted by Crippen LogP contribution is 2.61. The maximum atomic E-state index is 4.39. The van der Waals surface area contributed by atoms with Crippen molar-refractivity contribution in [3.8, 4) is 0 Å². The maximum absolute atomic E-state index is 4.39. The fourth-order valence-electron chi connectivity index (χ4n) is 2.36. The van der Waals surface area contributed by atoms with E-state index < -0.39 is 0 Å². The maximum Gasteiger partial charge on any atom is 0.127 e. The fourth-order valence-corrected chi connectivity index (χ4v) is 2.70. The van der Waals surface area contributed by atoms with Crippen LogP contribution in [0.1, 0.15) is 25.7 Å². The van der Waals surface area contributed by atoms with Crippen LogP contribution in [0.4, 0.5) is 5.82 Å². The van der Waals surface area contributed by atoms with E-state index >= 15 is 0 Å². The van der Waals surface area contributed by atoms with E-state index in [1.807, 2.05) is 18.2 Å². The second-order valence-corrected chi connectivity index (χ2v) is 5.65. The smallest absolute Gasteiger partial charge is 0.127 e. The van der Waals surface area contributed by atoms with E-state index in [4.69, 9.17) is 0 Å². The van der Waals surface area contributed by atoms with Crippen molar-refractivity contribution >= 4 is 21.7 Å². The van der Waals surface area contributed by atoms with Crippen molar-refractivity contribution in [3.63, 3.8) is 0 Å². The lowest BCUT2D eigenvalue weighted by molar-refractivity contribution is 0.466. The third kappa shape index (κ3) is 2.03. The molecular weight excluding hydrogens is 252 g/mol. The number of pyridine rings is 1. The van der Waals surface area contributed by atoms with Crippen LogP contribution in [0, 0.1) is 11.3 Å². The monoisotopic (exact) mass is 266 g/mol. The number of halogens is 1. The van der Waals surface area contributed by atoms with Crippen LogP contribution in [0.25, 0.3) is 0 Å². The number of hydrogen-bond acceptors (Lipinski definition) is 2. The Morgan fingerprint density at radius 1 is 1.40 bits per heavy atom. The Labute approximate surface area is 98.6 Å². The van der Waals surface area contributed by atoms with Crippen molar-refractivity contribution < 1.29 is 0 Å². The van der Waals surface area contributed by atoms with Gasteiger partial charge in [-0.3, -0.25) is 0 Å². The fraction of sp³-hybridized carbons (Fsp3) is 0.583. The van der Waals surface area contributed by atoms with Crippen LogP contribution in [-0.2, 0) is 0 Å². The van der Waals surface area contributed by atoms with E-state index in [1.54, 1.807) is 0 Å². The average Bonchev–Trinajstić information content (AvgIpc) is 3.08. The van der Waals surface area contributed by atoms with E-state index in [-0.39, 0.29) is 0 Å². The molecule has 0 radical (unpaired) electrons. The van der Waals surface area contributed by atoms with Gasteiger partial charge in [0.05, 0.1) is 0 Å². The summed E-state index contributed by atoms with van der Waals surface area (Å²) in [4.78, 5) is 4.39. The molecule has 0 amide bonds. The molecule has 2 fully saturated rings. The van der Waals surface area contributed by atoms with Gasteiger partial charge in [-0.05, 0) is 65.1 Å². The molecule has 0 saturated heterocycles. The number of rotatable bonds is 4. The molecule has 0 aromatic carbocycles. The predicted octanol–water partition coefficient (Wildman–Crippen LogP) is 3.45. The number of anilines is 1. The number of nitrogens with zero attached hydrogens (tertiary/aromatic N) is 1. The van der Waals surface area contributed by atoms with Gasteiger partial charge >= 0.3 is 0 Å². The molecule has 0 aliphatic heterocycles. The van der Waals surface area contributed by atoms with Gasteiger partial charge < -0.3 is 5.32 Å². The summed E-state index contributed by atoms with van der Waals surface area (Å²) in [5, 5.41) is 3.47. The van der Waals surface area contributed by atoms with Gasteiger partial charge in [0, 0.05) is 6.54 Å². The largest absolute Gasteiger partial charge is 0.369 e. The third-order valence-electron chi connectivity index (χ3n) is 3.67. The van der Waals surface area contributed by atoms with Crippen molar-refractivity contribution in [3.05, 3.63) is 22.8 Å². The van der Waals surface area contributed by atoms with Crippen LogP contribution in [0.15, 0.2) is 22.8 Å². The van der Waals surface area contributed by atoms with Crippen molar-refractivity contribution in [2.45, 2.75) is 25.7 Å². The van der Waals surface area contributed by atoms with E-state index in [0.717, 1.165) is 22.9 Å². The lowest BCUT2D eigenvalue weighted by Gasteiger charge is -2.15. The topological polar surface area (TPSA) is 24.9 Å². The first-order chi connectivity index (χ1) is 7.28. The highest BCUT2D eigenvalue weighted by molar-refractivity contribution is 9.10.